The maximum Gasteiger partial charge on any atom is 0.250 e. The largest absolute Gasteiger partial charge is 0.324 e. The van der Waals surface area contributed by atoms with Crippen molar-refractivity contribution in [1.29, 1.82) is 0 Å². The van der Waals surface area contributed by atoms with Gasteiger partial charge in [-0.05, 0) is 55.3 Å². The van der Waals surface area contributed by atoms with Crippen molar-refractivity contribution >= 4 is 29.0 Å². The van der Waals surface area contributed by atoms with Crippen LogP contribution in [0.15, 0.2) is 72.9 Å². The van der Waals surface area contributed by atoms with Crippen molar-refractivity contribution in [1.82, 2.24) is 9.88 Å². The van der Waals surface area contributed by atoms with Crippen LogP contribution in [0.3, 0.4) is 0 Å². The Hall–Kier alpha value is -3.02. The Morgan fingerprint density at radius 1 is 1.06 bits per heavy atom. The molecule has 6 rings (SSSR count). The summed E-state index contributed by atoms with van der Waals surface area (Å²) < 4.78 is 0. The van der Waals surface area contributed by atoms with E-state index in [1.54, 1.807) is 18.3 Å². The zero-order valence-corrected chi connectivity index (χ0v) is 18.1. The number of carbonyl (C=O) groups excluding carboxylic acids is 2. The van der Waals surface area contributed by atoms with Crippen molar-refractivity contribution in [3.63, 3.8) is 0 Å². The van der Waals surface area contributed by atoms with Crippen LogP contribution in [0.5, 0.6) is 0 Å². The Kier molecular flexibility index (Phi) is 4.46. The molecule has 3 aliphatic heterocycles. The zero-order valence-electron chi connectivity index (χ0n) is 17.4. The Balaban J connectivity index is 1.62. The minimum absolute atomic E-state index is 0.0887. The summed E-state index contributed by atoms with van der Waals surface area (Å²) in [7, 11) is 0. The third kappa shape index (κ3) is 2.58. The molecule has 5 nitrogen and oxygen atoms in total. The Morgan fingerprint density at radius 3 is 2.62 bits per heavy atom. The second kappa shape index (κ2) is 7.26. The van der Waals surface area contributed by atoms with E-state index in [1.807, 2.05) is 54.6 Å². The minimum Gasteiger partial charge on any atom is -0.324 e. The molecule has 6 heteroatoms. The average Bonchev–Trinajstić information content (AvgIpc) is 3.48. The number of pyridine rings is 1. The second-order valence-electron chi connectivity index (χ2n) is 8.80. The number of Topliss-reactive ketones (excluding diaryl/α,β-unsaturated/α-hetero) is 1. The molecule has 0 bridgehead atoms. The van der Waals surface area contributed by atoms with Gasteiger partial charge in [0.05, 0.1) is 5.92 Å². The van der Waals surface area contributed by atoms with E-state index in [-0.39, 0.29) is 23.7 Å². The van der Waals surface area contributed by atoms with Gasteiger partial charge in [0.25, 0.3) is 0 Å². The summed E-state index contributed by atoms with van der Waals surface area (Å²) in [6, 6.07) is 21.0. The lowest BCUT2D eigenvalue weighted by Gasteiger charge is -2.36. The molecular formula is C26H22ClN3O2. The van der Waals surface area contributed by atoms with Gasteiger partial charge in [-0.15, -0.1) is 0 Å². The molecule has 160 valence electrons. The number of amides is 1. The predicted octanol–water partition coefficient (Wildman–Crippen LogP) is 4.64. The molecule has 3 aliphatic rings. The Morgan fingerprint density at radius 2 is 1.84 bits per heavy atom. The number of nitrogens with one attached hydrogen (secondary N) is 1. The molecule has 1 N–H and O–H groups in total. The van der Waals surface area contributed by atoms with E-state index < -0.39 is 11.5 Å². The first-order valence-corrected chi connectivity index (χ1v) is 11.4. The number of hydrogen-bond donors (Lipinski definition) is 1. The molecule has 2 saturated heterocycles. The van der Waals surface area contributed by atoms with Crippen molar-refractivity contribution in [2.45, 2.75) is 30.3 Å². The monoisotopic (exact) mass is 443 g/mol. The van der Waals surface area contributed by atoms with Crippen LogP contribution in [0.2, 0.25) is 5.02 Å². The van der Waals surface area contributed by atoms with Crippen LogP contribution in [-0.2, 0) is 10.3 Å². The molecule has 1 aromatic heterocycles. The molecule has 2 aromatic carbocycles. The highest BCUT2D eigenvalue weighted by molar-refractivity contribution is 6.30. The van der Waals surface area contributed by atoms with Crippen LogP contribution < -0.4 is 5.32 Å². The SMILES string of the molecule is O=C(c1ccccn1)[C@H]1[C@@H](c2ccc(Cl)cc2)[C@@H]2CCCN2[C@@]12C(=O)Nc1ccccc12. The van der Waals surface area contributed by atoms with E-state index in [1.165, 1.54) is 0 Å². The molecule has 32 heavy (non-hydrogen) atoms. The quantitative estimate of drug-likeness (QED) is 0.599. The first-order chi connectivity index (χ1) is 15.6. The van der Waals surface area contributed by atoms with Crippen molar-refractivity contribution in [2.24, 2.45) is 5.92 Å². The van der Waals surface area contributed by atoms with Gasteiger partial charge < -0.3 is 5.32 Å². The van der Waals surface area contributed by atoms with E-state index in [4.69, 9.17) is 11.6 Å². The minimum atomic E-state index is -1.04. The van der Waals surface area contributed by atoms with Gasteiger partial charge in [0.2, 0.25) is 5.91 Å². The molecule has 1 spiro atoms. The lowest BCUT2D eigenvalue weighted by atomic mass is 9.69. The standard InChI is InChI=1S/C26H22ClN3O2/c27-17-12-10-16(11-13-17)22-21-9-5-15-30(21)26(18-6-1-2-7-19(18)29-25(26)32)23(22)24(31)20-8-3-4-14-28-20/h1-4,6-8,10-14,21-23H,5,9,15H2,(H,29,32)/t21-,22-,23+,26+/m0/s1. The molecule has 0 aliphatic carbocycles. The number of para-hydroxylation sites is 1. The van der Waals surface area contributed by atoms with E-state index >= 15 is 0 Å². The molecule has 4 atom stereocenters. The molecule has 0 saturated carbocycles. The number of ketones is 1. The smallest absolute Gasteiger partial charge is 0.250 e. The van der Waals surface area contributed by atoms with Crippen molar-refractivity contribution in [3.05, 3.63) is 94.8 Å². The van der Waals surface area contributed by atoms with Crippen molar-refractivity contribution in [2.75, 3.05) is 11.9 Å². The number of aromatic nitrogens is 1. The zero-order chi connectivity index (χ0) is 21.9. The molecule has 1 amide bonds. The van der Waals surface area contributed by atoms with Gasteiger partial charge >= 0.3 is 0 Å². The van der Waals surface area contributed by atoms with Crippen molar-refractivity contribution in [3.8, 4) is 0 Å². The molecule has 0 unspecified atom stereocenters. The third-order valence-corrected chi connectivity index (χ3v) is 7.61. The van der Waals surface area contributed by atoms with Gasteiger partial charge in [0, 0.05) is 34.4 Å². The highest BCUT2D eigenvalue weighted by Crippen LogP contribution is 2.61. The number of carbonyl (C=O) groups is 2. The van der Waals surface area contributed by atoms with Gasteiger partial charge in [-0.3, -0.25) is 19.5 Å². The predicted molar refractivity (Wildman–Crippen MR) is 123 cm³/mol. The lowest BCUT2D eigenvalue weighted by Crippen LogP contribution is -2.53. The normalized spacial score (nSPS) is 28.5. The summed E-state index contributed by atoms with van der Waals surface area (Å²) in [4.78, 5) is 34.6. The van der Waals surface area contributed by atoms with Crippen LogP contribution in [0.1, 0.15) is 40.4 Å². The van der Waals surface area contributed by atoms with Gasteiger partial charge in [0.15, 0.2) is 5.78 Å². The molecule has 0 radical (unpaired) electrons. The van der Waals surface area contributed by atoms with E-state index in [9.17, 15) is 9.59 Å². The maximum atomic E-state index is 14.2. The Labute approximate surface area is 191 Å². The number of fused-ring (bicyclic) bond motifs is 4. The fraction of sp³-hybridized carbons (Fsp3) is 0.269. The Bertz CT molecular complexity index is 1210. The number of halogens is 1. The summed E-state index contributed by atoms with van der Waals surface area (Å²) in [6.45, 7) is 0.780. The molecule has 2 fully saturated rings. The summed E-state index contributed by atoms with van der Waals surface area (Å²) >= 11 is 6.18. The van der Waals surface area contributed by atoms with Crippen molar-refractivity contribution < 1.29 is 9.59 Å². The number of anilines is 1. The molecule has 3 aromatic rings. The van der Waals surface area contributed by atoms with Crippen LogP contribution in [-0.4, -0.2) is 34.2 Å². The third-order valence-electron chi connectivity index (χ3n) is 7.36. The molecule has 4 heterocycles. The fourth-order valence-corrected chi connectivity index (χ4v) is 6.37. The number of rotatable bonds is 3. The highest BCUT2D eigenvalue weighted by Gasteiger charge is 2.69. The second-order valence-corrected chi connectivity index (χ2v) is 9.24. The topological polar surface area (TPSA) is 62.3 Å². The van der Waals surface area contributed by atoms with Gasteiger partial charge in [-0.25, -0.2) is 0 Å². The van der Waals surface area contributed by atoms with Crippen LogP contribution in [0.4, 0.5) is 5.69 Å². The van der Waals surface area contributed by atoms with Crippen LogP contribution in [0, 0.1) is 5.92 Å². The van der Waals surface area contributed by atoms with E-state index in [0.717, 1.165) is 36.2 Å². The van der Waals surface area contributed by atoms with Crippen LogP contribution in [0.25, 0.3) is 0 Å². The number of benzene rings is 2. The summed E-state index contributed by atoms with van der Waals surface area (Å²) in [6.07, 6.45) is 3.57. The van der Waals surface area contributed by atoms with Gasteiger partial charge in [0.1, 0.15) is 11.2 Å². The van der Waals surface area contributed by atoms with E-state index in [2.05, 4.69) is 15.2 Å². The van der Waals surface area contributed by atoms with Gasteiger partial charge in [-0.2, -0.15) is 0 Å². The first-order valence-electron chi connectivity index (χ1n) is 11.0. The average molecular weight is 444 g/mol. The summed E-state index contributed by atoms with van der Waals surface area (Å²) in [5, 5.41) is 3.74. The summed E-state index contributed by atoms with van der Waals surface area (Å²) in [5.74, 6) is -0.933. The first kappa shape index (κ1) is 19.6. The van der Waals surface area contributed by atoms with Gasteiger partial charge in [-0.1, -0.05) is 48.0 Å². The number of hydrogen-bond acceptors (Lipinski definition) is 4. The maximum absolute atomic E-state index is 14.2. The highest BCUT2D eigenvalue weighted by atomic mass is 35.5. The summed E-state index contributed by atoms with van der Waals surface area (Å²) in [5.41, 5.74) is 2.07. The lowest BCUT2D eigenvalue weighted by molar-refractivity contribution is -0.127. The van der Waals surface area contributed by atoms with Crippen LogP contribution >= 0.6 is 11.6 Å². The fourth-order valence-electron chi connectivity index (χ4n) is 6.24. The van der Waals surface area contributed by atoms with E-state index in [0.29, 0.717) is 10.7 Å². The number of nitrogens with zero attached hydrogens (tertiary/aromatic N) is 2. The molecular weight excluding hydrogens is 422 g/mol.